The fourth-order valence-electron chi connectivity index (χ4n) is 2.90. The minimum Gasteiger partial charge on any atom is -0.393 e. The van der Waals surface area contributed by atoms with Crippen LogP contribution in [0.25, 0.3) is 0 Å². The van der Waals surface area contributed by atoms with Crippen molar-refractivity contribution in [2.24, 2.45) is 0 Å². The SMILES string of the molecule is CN1CCC(N(C)c2ncnc(Nc3cccnc3)c2N)CC1. The topological polar surface area (TPSA) is 83.2 Å². The monoisotopic (exact) mass is 313 g/mol. The number of hydrogen-bond acceptors (Lipinski definition) is 7. The molecule has 0 spiro atoms. The second kappa shape index (κ2) is 6.78. The Hall–Kier alpha value is -2.41. The van der Waals surface area contributed by atoms with Crippen molar-refractivity contribution in [1.82, 2.24) is 19.9 Å². The summed E-state index contributed by atoms with van der Waals surface area (Å²) < 4.78 is 0. The molecule has 0 saturated carbocycles. The molecule has 1 aliphatic heterocycles. The highest BCUT2D eigenvalue weighted by molar-refractivity contribution is 5.78. The Kier molecular flexibility index (Phi) is 4.57. The Balaban J connectivity index is 1.79. The molecule has 3 rings (SSSR count). The molecule has 1 fully saturated rings. The second-order valence-electron chi connectivity index (χ2n) is 5.97. The van der Waals surface area contributed by atoms with Crippen molar-refractivity contribution in [1.29, 1.82) is 0 Å². The molecule has 0 atom stereocenters. The van der Waals surface area contributed by atoms with Gasteiger partial charge in [-0.05, 0) is 45.1 Å². The van der Waals surface area contributed by atoms with Crippen LogP contribution in [0.4, 0.5) is 23.0 Å². The van der Waals surface area contributed by atoms with Gasteiger partial charge in [0.05, 0.1) is 11.9 Å². The first-order chi connectivity index (χ1) is 11.1. The first kappa shape index (κ1) is 15.5. The van der Waals surface area contributed by atoms with Gasteiger partial charge in [-0.2, -0.15) is 0 Å². The molecule has 7 nitrogen and oxygen atoms in total. The molecule has 0 unspecified atom stereocenters. The lowest BCUT2D eigenvalue weighted by Crippen LogP contribution is -2.42. The van der Waals surface area contributed by atoms with E-state index < -0.39 is 0 Å². The summed E-state index contributed by atoms with van der Waals surface area (Å²) in [6, 6.07) is 4.25. The van der Waals surface area contributed by atoms with E-state index in [0.29, 0.717) is 17.5 Å². The average molecular weight is 313 g/mol. The number of anilines is 4. The number of likely N-dealkylation sites (tertiary alicyclic amines) is 1. The average Bonchev–Trinajstić information content (AvgIpc) is 2.58. The van der Waals surface area contributed by atoms with Crippen LogP contribution in [0.15, 0.2) is 30.9 Å². The number of nitrogen functional groups attached to an aromatic ring is 1. The molecular formula is C16H23N7. The van der Waals surface area contributed by atoms with E-state index in [1.54, 1.807) is 18.7 Å². The Morgan fingerprint density at radius 3 is 2.78 bits per heavy atom. The van der Waals surface area contributed by atoms with Crippen molar-refractivity contribution in [2.45, 2.75) is 18.9 Å². The van der Waals surface area contributed by atoms with E-state index in [9.17, 15) is 0 Å². The van der Waals surface area contributed by atoms with Crippen molar-refractivity contribution in [3.63, 3.8) is 0 Å². The fraction of sp³-hybridized carbons (Fsp3) is 0.438. The van der Waals surface area contributed by atoms with Crippen molar-refractivity contribution in [3.05, 3.63) is 30.9 Å². The molecule has 0 aliphatic carbocycles. The van der Waals surface area contributed by atoms with E-state index in [4.69, 9.17) is 5.73 Å². The first-order valence-electron chi connectivity index (χ1n) is 7.84. The highest BCUT2D eigenvalue weighted by atomic mass is 15.2. The number of nitrogens with zero attached hydrogens (tertiary/aromatic N) is 5. The van der Waals surface area contributed by atoms with Gasteiger partial charge in [0.15, 0.2) is 11.6 Å². The summed E-state index contributed by atoms with van der Waals surface area (Å²) in [5.41, 5.74) is 7.73. The molecule has 2 aromatic rings. The van der Waals surface area contributed by atoms with Crippen LogP contribution in [-0.4, -0.2) is 53.1 Å². The summed E-state index contributed by atoms with van der Waals surface area (Å²) in [6.07, 6.45) is 7.25. The highest BCUT2D eigenvalue weighted by Gasteiger charge is 2.23. The number of nitrogens with two attached hydrogens (primary N) is 1. The Morgan fingerprint density at radius 2 is 2.09 bits per heavy atom. The van der Waals surface area contributed by atoms with Crippen molar-refractivity contribution >= 4 is 23.0 Å². The van der Waals surface area contributed by atoms with Crippen LogP contribution >= 0.6 is 0 Å². The van der Waals surface area contributed by atoms with Gasteiger partial charge in [-0.25, -0.2) is 9.97 Å². The summed E-state index contributed by atoms with van der Waals surface area (Å²) in [7, 11) is 4.22. The van der Waals surface area contributed by atoms with Gasteiger partial charge in [0.1, 0.15) is 12.0 Å². The normalized spacial score (nSPS) is 16.3. The van der Waals surface area contributed by atoms with E-state index in [1.807, 2.05) is 12.1 Å². The van der Waals surface area contributed by atoms with Crippen molar-refractivity contribution < 1.29 is 0 Å². The van der Waals surface area contributed by atoms with Crippen molar-refractivity contribution in [2.75, 3.05) is 43.1 Å². The molecule has 3 heterocycles. The zero-order valence-corrected chi connectivity index (χ0v) is 13.6. The Morgan fingerprint density at radius 1 is 1.30 bits per heavy atom. The summed E-state index contributed by atoms with van der Waals surface area (Å²) in [4.78, 5) is 17.3. The quantitative estimate of drug-likeness (QED) is 0.889. The number of hydrogen-bond donors (Lipinski definition) is 2. The third-order valence-electron chi connectivity index (χ3n) is 4.36. The van der Waals surface area contributed by atoms with E-state index in [-0.39, 0.29) is 0 Å². The third-order valence-corrected chi connectivity index (χ3v) is 4.36. The van der Waals surface area contributed by atoms with E-state index in [1.165, 1.54) is 0 Å². The summed E-state index contributed by atoms with van der Waals surface area (Å²) in [5, 5.41) is 3.20. The van der Waals surface area contributed by atoms with Crippen LogP contribution in [-0.2, 0) is 0 Å². The summed E-state index contributed by atoms with van der Waals surface area (Å²) >= 11 is 0. The van der Waals surface area contributed by atoms with Gasteiger partial charge in [0, 0.05) is 19.3 Å². The molecule has 0 bridgehead atoms. The number of aromatic nitrogens is 3. The number of rotatable bonds is 4. The fourth-order valence-corrected chi connectivity index (χ4v) is 2.90. The molecule has 122 valence electrons. The smallest absolute Gasteiger partial charge is 0.159 e. The molecule has 3 N–H and O–H groups in total. The molecule has 0 aromatic carbocycles. The lowest BCUT2D eigenvalue weighted by molar-refractivity contribution is 0.252. The maximum absolute atomic E-state index is 6.31. The van der Waals surface area contributed by atoms with Gasteiger partial charge >= 0.3 is 0 Å². The van der Waals surface area contributed by atoms with Crippen LogP contribution in [0.2, 0.25) is 0 Å². The van der Waals surface area contributed by atoms with Crippen LogP contribution in [0.5, 0.6) is 0 Å². The minimum atomic E-state index is 0.453. The second-order valence-corrected chi connectivity index (χ2v) is 5.97. The van der Waals surface area contributed by atoms with Crippen LogP contribution in [0.1, 0.15) is 12.8 Å². The molecule has 7 heteroatoms. The van der Waals surface area contributed by atoms with Gasteiger partial charge in [-0.15, -0.1) is 0 Å². The minimum absolute atomic E-state index is 0.453. The van der Waals surface area contributed by atoms with Crippen LogP contribution in [0.3, 0.4) is 0 Å². The summed E-state index contributed by atoms with van der Waals surface area (Å²) in [5.74, 6) is 1.39. The number of nitrogens with one attached hydrogen (secondary N) is 1. The molecule has 0 amide bonds. The largest absolute Gasteiger partial charge is 0.393 e. The molecule has 1 saturated heterocycles. The predicted octanol–water partition coefficient (Wildman–Crippen LogP) is 1.73. The van der Waals surface area contributed by atoms with Gasteiger partial charge in [-0.1, -0.05) is 0 Å². The molecule has 1 aliphatic rings. The lowest BCUT2D eigenvalue weighted by Gasteiger charge is -2.36. The zero-order valence-electron chi connectivity index (χ0n) is 13.6. The van der Waals surface area contributed by atoms with E-state index in [0.717, 1.165) is 37.4 Å². The van der Waals surface area contributed by atoms with E-state index in [2.05, 4.69) is 44.2 Å². The Labute approximate surface area is 136 Å². The molecule has 23 heavy (non-hydrogen) atoms. The maximum atomic E-state index is 6.31. The van der Waals surface area contributed by atoms with E-state index >= 15 is 0 Å². The number of piperidine rings is 1. The lowest BCUT2D eigenvalue weighted by atomic mass is 10.0. The van der Waals surface area contributed by atoms with Gasteiger partial charge in [-0.3, -0.25) is 4.98 Å². The summed E-state index contributed by atoms with van der Waals surface area (Å²) in [6.45, 7) is 2.20. The zero-order chi connectivity index (χ0) is 16.2. The maximum Gasteiger partial charge on any atom is 0.159 e. The molecule has 0 radical (unpaired) electrons. The first-order valence-corrected chi connectivity index (χ1v) is 7.84. The standard InChI is InChI=1S/C16H23N7/c1-22-8-5-13(6-9-22)23(2)16-14(17)15(19-11-20-16)21-12-4-3-7-18-10-12/h3-4,7,10-11,13H,5-6,8-9,17H2,1-2H3,(H,19,20,21). The molecular weight excluding hydrogens is 290 g/mol. The predicted molar refractivity (Wildman–Crippen MR) is 92.9 cm³/mol. The Bertz CT molecular complexity index is 638. The number of pyridine rings is 1. The van der Waals surface area contributed by atoms with Gasteiger partial charge in [0.25, 0.3) is 0 Å². The van der Waals surface area contributed by atoms with Crippen LogP contribution in [0, 0.1) is 0 Å². The molecule has 2 aromatic heterocycles. The highest BCUT2D eigenvalue weighted by Crippen LogP contribution is 2.30. The van der Waals surface area contributed by atoms with Crippen molar-refractivity contribution in [3.8, 4) is 0 Å². The van der Waals surface area contributed by atoms with Gasteiger partial charge in [0.2, 0.25) is 0 Å². The third kappa shape index (κ3) is 3.50. The van der Waals surface area contributed by atoms with Crippen LogP contribution < -0.4 is 16.0 Å². The van der Waals surface area contributed by atoms with Gasteiger partial charge < -0.3 is 20.9 Å².